The molecule has 0 aliphatic carbocycles. The summed E-state index contributed by atoms with van der Waals surface area (Å²) in [4.78, 5) is 14.0. The Balaban J connectivity index is 1.63. The van der Waals surface area contributed by atoms with Crippen LogP contribution in [0.2, 0.25) is 0 Å². The minimum atomic E-state index is -0.526. The van der Waals surface area contributed by atoms with Gasteiger partial charge in [0.2, 0.25) is 11.6 Å². The number of nitrogens with one attached hydrogen (secondary N) is 1. The summed E-state index contributed by atoms with van der Waals surface area (Å²) in [5.41, 5.74) is 9.88. The lowest BCUT2D eigenvalue weighted by molar-refractivity contribution is 0.0950. The molecular formula is C14H15N9O2. The fraction of sp³-hybridized carbons (Fsp3) is 0.143. The van der Waals surface area contributed by atoms with E-state index < -0.39 is 5.91 Å². The predicted octanol–water partition coefficient (Wildman–Crippen LogP) is 0.0624. The number of benzene rings is 1. The molecule has 0 saturated carbocycles. The molecule has 0 radical (unpaired) electrons. The lowest BCUT2D eigenvalue weighted by Gasteiger charge is -2.11. The normalized spacial score (nSPS) is 11.0. The second-order valence-electron chi connectivity index (χ2n) is 5.21. The van der Waals surface area contributed by atoms with Gasteiger partial charge in [-0.05, 0) is 28.0 Å². The molecule has 0 fully saturated rings. The average molecular weight is 341 g/mol. The Kier molecular flexibility index (Phi) is 4.37. The summed E-state index contributed by atoms with van der Waals surface area (Å²) in [6.07, 6.45) is 2.87. The van der Waals surface area contributed by atoms with Crippen molar-refractivity contribution in [3.05, 3.63) is 41.7 Å². The van der Waals surface area contributed by atoms with Crippen LogP contribution in [0.5, 0.6) is 0 Å². The molecule has 11 nitrogen and oxygen atoms in total. The minimum Gasteiger partial charge on any atom is -0.378 e. The topological polar surface area (TPSA) is 140 Å². The van der Waals surface area contributed by atoms with E-state index in [2.05, 4.69) is 35.8 Å². The van der Waals surface area contributed by atoms with Crippen LogP contribution >= 0.6 is 0 Å². The summed E-state index contributed by atoms with van der Waals surface area (Å²) < 4.78 is 5.65. The first-order chi connectivity index (χ1) is 12.0. The zero-order chi connectivity index (χ0) is 17.8. The highest BCUT2D eigenvalue weighted by atomic mass is 16.6. The van der Waals surface area contributed by atoms with Crippen molar-refractivity contribution < 1.29 is 9.42 Å². The summed E-state index contributed by atoms with van der Waals surface area (Å²) >= 11 is 0. The lowest BCUT2D eigenvalue weighted by Crippen LogP contribution is -2.18. The molecule has 0 aliphatic heterocycles. The largest absolute Gasteiger partial charge is 0.378 e. The van der Waals surface area contributed by atoms with Gasteiger partial charge < -0.3 is 10.6 Å². The van der Waals surface area contributed by atoms with E-state index in [1.54, 1.807) is 0 Å². The molecule has 0 atom stereocenters. The van der Waals surface area contributed by atoms with Crippen LogP contribution in [-0.4, -0.2) is 51.5 Å². The van der Waals surface area contributed by atoms with Crippen LogP contribution in [0.4, 0.5) is 11.5 Å². The molecule has 0 spiro atoms. The number of nitrogens with zero attached hydrogens (tertiary/aromatic N) is 7. The van der Waals surface area contributed by atoms with Gasteiger partial charge in [-0.15, -0.1) is 5.10 Å². The lowest BCUT2D eigenvalue weighted by atomic mass is 10.2. The second-order valence-corrected chi connectivity index (χ2v) is 5.21. The van der Waals surface area contributed by atoms with Crippen LogP contribution in [-0.2, 0) is 0 Å². The quantitative estimate of drug-likeness (QED) is 0.490. The van der Waals surface area contributed by atoms with Crippen molar-refractivity contribution in [2.24, 2.45) is 5.10 Å². The fourth-order valence-corrected chi connectivity index (χ4v) is 1.90. The van der Waals surface area contributed by atoms with Crippen LogP contribution in [0.15, 0.2) is 40.2 Å². The number of nitrogens with two attached hydrogens (primary N) is 1. The van der Waals surface area contributed by atoms with Crippen molar-refractivity contribution in [2.45, 2.75) is 0 Å². The molecule has 2 aromatic heterocycles. The Morgan fingerprint density at radius 2 is 2.08 bits per heavy atom. The number of hydrazone groups is 1. The second kappa shape index (κ2) is 6.78. The van der Waals surface area contributed by atoms with Gasteiger partial charge in [0.15, 0.2) is 5.69 Å². The van der Waals surface area contributed by atoms with Crippen molar-refractivity contribution in [1.82, 2.24) is 30.7 Å². The highest BCUT2D eigenvalue weighted by Crippen LogP contribution is 2.11. The molecule has 25 heavy (non-hydrogen) atoms. The SMILES string of the molecule is CN(C)c1ccc(C=NNC(=O)c2cn(-c3nonc3N)nn2)cc1. The van der Waals surface area contributed by atoms with Crippen molar-refractivity contribution >= 4 is 23.6 Å². The van der Waals surface area contributed by atoms with Gasteiger partial charge in [-0.1, -0.05) is 17.3 Å². The monoisotopic (exact) mass is 341 g/mol. The van der Waals surface area contributed by atoms with Gasteiger partial charge in [0.25, 0.3) is 5.91 Å². The molecule has 3 N–H and O–H groups in total. The van der Waals surface area contributed by atoms with E-state index in [4.69, 9.17) is 5.73 Å². The van der Waals surface area contributed by atoms with Crippen LogP contribution in [0.3, 0.4) is 0 Å². The molecular weight excluding hydrogens is 326 g/mol. The molecule has 3 aromatic rings. The maximum Gasteiger partial charge on any atom is 0.293 e. The molecule has 3 rings (SSSR count). The molecule has 11 heteroatoms. The molecule has 1 amide bonds. The van der Waals surface area contributed by atoms with E-state index in [1.807, 2.05) is 43.3 Å². The molecule has 0 saturated heterocycles. The zero-order valence-electron chi connectivity index (χ0n) is 13.5. The predicted molar refractivity (Wildman–Crippen MR) is 89.5 cm³/mol. The molecule has 128 valence electrons. The summed E-state index contributed by atoms with van der Waals surface area (Å²) in [6.45, 7) is 0. The number of carbonyl (C=O) groups is 1. The first kappa shape index (κ1) is 16.1. The Morgan fingerprint density at radius 1 is 1.32 bits per heavy atom. The van der Waals surface area contributed by atoms with E-state index in [-0.39, 0.29) is 17.3 Å². The number of nitrogen functional groups attached to an aromatic ring is 1. The number of amides is 1. The van der Waals surface area contributed by atoms with Gasteiger partial charge in [0.1, 0.15) is 0 Å². The summed E-state index contributed by atoms with van der Waals surface area (Å²) in [7, 11) is 3.92. The van der Waals surface area contributed by atoms with Crippen LogP contribution in [0, 0.1) is 0 Å². The van der Waals surface area contributed by atoms with Crippen molar-refractivity contribution in [3.63, 3.8) is 0 Å². The fourth-order valence-electron chi connectivity index (χ4n) is 1.90. The number of aromatic nitrogens is 5. The smallest absolute Gasteiger partial charge is 0.293 e. The van der Waals surface area contributed by atoms with Crippen molar-refractivity contribution in [3.8, 4) is 5.82 Å². The molecule has 0 unspecified atom stereocenters. The van der Waals surface area contributed by atoms with Crippen molar-refractivity contribution in [2.75, 3.05) is 24.7 Å². The summed E-state index contributed by atoms with van der Waals surface area (Å²) in [6, 6.07) is 7.68. The Hall–Kier alpha value is -3.76. The van der Waals surface area contributed by atoms with Crippen LogP contribution in [0.1, 0.15) is 16.1 Å². The van der Waals surface area contributed by atoms with E-state index >= 15 is 0 Å². The van der Waals surface area contributed by atoms with Crippen LogP contribution < -0.4 is 16.1 Å². The van der Waals surface area contributed by atoms with Gasteiger partial charge in [-0.2, -0.15) is 9.78 Å². The third-order valence-electron chi connectivity index (χ3n) is 3.23. The first-order valence-electron chi connectivity index (χ1n) is 7.16. The van der Waals surface area contributed by atoms with E-state index in [1.165, 1.54) is 17.1 Å². The minimum absolute atomic E-state index is 0.0380. The van der Waals surface area contributed by atoms with Gasteiger partial charge in [-0.25, -0.2) is 10.1 Å². The summed E-state index contributed by atoms with van der Waals surface area (Å²) in [5, 5.41) is 18.3. The average Bonchev–Trinajstić information content (AvgIpc) is 3.24. The third kappa shape index (κ3) is 3.60. The van der Waals surface area contributed by atoms with Crippen molar-refractivity contribution in [1.29, 1.82) is 0 Å². The molecule has 0 aliphatic rings. The number of carbonyl (C=O) groups excluding carboxylic acids is 1. The molecule has 0 bridgehead atoms. The highest BCUT2D eigenvalue weighted by Gasteiger charge is 2.15. The maximum atomic E-state index is 12.0. The number of hydrogen-bond acceptors (Lipinski definition) is 9. The van der Waals surface area contributed by atoms with Gasteiger partial charge >= 0.3 is 0 Å². The van der Waals surface area contributed by atoms with Gasteiger partial charge in [0.05, 0.1) is 12.4 Å². The van der Waals surface area contributed by atoms with E-state index in [0.717, 1.165) is 11.3 Å². The third-order valence-corrected chi connectivity index (χ3v) is 3.23. The number of hydrogen-bond donors (Lipinski definition) is 2. The highest BCUT2D eigenvalue weighted by molar-refractivity contribution is 5.92. The maximum absolute atomic E-state index is 12.0. The number of anilines is 2. The standard InChI is InChI=1S/C14H15N9O2/c1-22(2)10-5-3-9(4-6-10)7-16-18-14(24)11-8-23(21-17-11)13-12(15)19-25-20-13/h3-8H,1-2H3,(H2,15,19)(H,18,24). The Bertz CT molecular complexity index is 895. The molecule has 2 heterocycles. The van der Waals surface area contributed by atoms with E-state index in [9.17, 15) is 4.79 Å². The number of rotatable bonds is 5. The molecule has 1 aromatic carbocycles. The first-order valence-corrected chi connectivity index (χ1v) is 7.16. The van der Waals surface area contributed by atoms with E-state index in [0.29, 0.717) is 0 Å². The van der Waals surface area contributed by atoms with Gasteiger partial charge in [0, 0.05) is 19.8 Å². The summed E-state index contributed by atoms with van der Waals surface area (Å²) in [5.74, 6) is -0.338. The van der Waals surface area contributed by atoms with Gasteiger partial charge in [-0.3, -0.25) is 4.79 Å². The Morgan fingerprint density at radius 3 is 2.72 bits per heavy atom. The van der Waals surface area contributed by atoms with Crippen LogP contribution in [0.25, 0.3) is 5.82 Å². The Labute approximate surface area is 142 Å². The zero-order valence-corrected chi connectivity index (χ0v) is 13.5.